The van der Waals surface area contributed by atoms with E-state index in [4.69, 9.17) is 13.9 Å². The number of furan rings is 1. The van der Waals surface area contributed by atoms with Crippen LogP contribution in [0.25, 0.3) is 16.7 Å². The van der Waals surface area contributed by atoms with Crippen LogP contribution in [0.1, 0.15) is 12.2 Å². The maximum Gasteiger partial charge on any atom is 0.277 e. The number of hydrogen-bond acceptors (Lipinski definition) is 6. The summed E-state index contributed by atoms with van der Waals surface area (Å²) < 4.78 is 21.1. The highest BCUT2D eigenvalue weighted by molar-refractivity contribution is 6.08. The standard InChI is InChI=1S/C26H22N4O3/c1-3-11-19-17(9-1)21(31-25(19)29-13-5-6-14-29)23-27-28-24(33-23)22-18-10-2-4-12-20(18)26(32-22)30-15-7-8-16-30/h1-7,9-15,17,21,23,27H,8,16H2. The van der Waals surface area contributed by atoms with Crippen molar-refractivity contribution < 1.29 is 13.9 Å². The fourth-order valence-electron chi connectivity index (χ4n) is 4.90. The van der Waals surface area contributed by atoms with E-state index in [0.29, 0.717) is 11.7 Å². The van der Waals surface area contributed by atoms with Crippen molar-refractivity contribution in [2.45, 2.75) is 18.8 Å². The van der Waals surface area contributed by atoms with Crippen molar-refractivity contribution in [1.29, 1.82) is 0 Å². The summed E-state index contributed by atoms with van der Waals surface area (Å²) in [5.41, 5.74) is 4.28. The minimum absolute atomic E-state index is 0.0677. The van der Waals surface area contributed by atoms with Crippen molar-refractivity contribution in [3.8, 4) is 0 Å². The van der Waals surface area contributed by atoms with E-state index >= 15 is 0 Å². The molecule has 1 N–H and O–H groups in total. The molecule has 0 spiro atoms. The summed E-state index contributed by atoms with van der Waals surface area (Å²) in [4.78, 5) is 2.13. The molecule has 5 heterocycles. The normalized spacial score (nSPS) is 25.4. The van der Waals surface area contributed by atoms with Gasteiger partial charge in [-0.1, -0.05) is 48.6 Å². The van der Waals surface area contributed by atoms with E-state index < -0.39 is 6.23 Å². The largest absolute Gasteiger partial charge is 0.468 e. The van der Waals surface area contributed by atoms with Crippen LogP contribution in [0.15, 0.2) is 100 Å². The molecule has 164 valence electrons. The first kappa shape index (κ1) is 18.4. The Labute approximate surface area is 190 Å². The van der Waals surface area contributed by atoms with Gasteiger partial charge in [-0.25, -0.2) is 0 Å². The summed E-state index contributed by atoms with van der Waals surface area (Å²) >= 11 is 0. The summed E-state index contributed by atoms with van der Waals surface area (Å²) in [5, 5.41) is 6.54. The van der Waals surface area contributed by atoms with E-state index in [-0.39, 0.29) is 12.0 Å². The topological polar surface area (TPSA) is 64.2 Å². The lowest BCUT2D eigenvalue weighted by molar-refractivity contribution is 0.0175. The first-order valence-corrected chi connectivity index (χ1v) is 11.2. The number of allylic oxidation sites excluding steroid dienone is 3. The zero-order chi connectivity index (χ0) is 21.8. The van der Waals surface area contributed by atoms with E-state index in [1.807, 2.05) is 53.4 Å². The molecule has 2 aromatic heterocycles. The average Bonchev–Trinajstić information content (AvgIpc) is 3.66. The van der Waals surface area contributed by atoms with Gasteiger partial charge in [0.05, 0.1) is 5.92 Å². The van der Waals surface area contributed by atoms with Gasteiger partial charge in [-0.3, -0.25) is 9.99 Å². The number of ether oxygens (including phenoxy) is 2. The van der Waals surface area contributed by atoms with Gasteiger partial charge in [0.1, 0.15) is 0 Å². The zero-order valence-corrected chi connectivity index (χ0v) is 17.8. The molecule has 0 saturated heterocycles. The first-order chi connectivity index (χ1) is 16.4. The molecule has 3 aliphatic heterocycles. The highest BCUT2D eigenvalue weighted by Crippen LogP contribution is 2.41. The number of hydrazone groups is 1. The molecule has 4 aliphatic rings. The van der Waals surface area contributed by atoms with Crippen LogP contribution in [-0.2, 0) is 9.47 Å². The molecule has 3 atom stereocenters. The van der Waals surface area contributed by atoms with Crippen LogP contribution in [0.4, 0.5) is 5.88 Å². The van der Waals surface area contributed by atoms with Gasteiger partial charge in [0, 0.05) is 41.5 Å². The lowest BCUT2D eigenvalue weighted by Gasteiger charge is -2.23. The van der Waals surface area contributed by atoms with Crippen LogP contribution in [0, 0.1) is 5.92 Å². The molecule has 1 aromatic carbocycles. The molecule has 7 rings (SSSR count). The number of benzene rings is 1. The highest BCUT2D eigenvalue weighted by atomic mass is 16.6. The molecule has 7 heteroatoms. The van der Waals surface area contributed by atoms with Crippen LogP contribution in [0.2, 0.25) is 0 Å². The smallest absolute Gasteiger partial charge is 0.277 e. The maximum absolute atomic E-state index is 6.43. The molecule has 0 bridgehead atoms. The SMILES string of the molecule is C1=CC2=C(n3cccc3)OC(C3NN=C(c4oc(N5C=CCC5)c5ccccc45)O3)C2C=C1. The second kappa shape index (κ2) is 7.20. The summed E-state index contributed by atoms with van der Waals surface area (Å²) in [6.07, 6.45) is 16.8. The molecule has 1 aliphatic carbocycles. The minimum atomic E-state index is -0.441. The lowest BCUT2D eigenvalue weighted by atomic mass is 9.91. The summed E-state index contributed by atoms with van der Waals surface area (Å²) in [6, 6.07) is 12.1. The van der Waals surface area contributed by atoms with Crippen LogP contribution in [0.5, 0.6) is 0 Å². The monoisotopic (exact) mass is 438 g/mol. The van der Waals surface area contributed by atoms with E-state index in [0.717, 1.165) is 41.1 Å². The fourth-order valence-corrected chi connectivity index (χ4v) is 4.90. The molecule has 33 heavy (non-hydrogen) atoms. The highest BCUT2D eigenvalue weighted by Gasteiger charge is 2.44. The van der Waals surface area contributed by atoms with Crippen LogP contribution in [-0.4, -0.2) is 29.3 Å². The Morgan fingerprint density at radius 1 is 1.00 bits per heavy atom. The molecule has 0 amide bonds. The lowest BCUT2D eigenvalue weighted by Crippen LogP contribution is -2.40. The van der Waals surface area contributed by atoms with Crippen molar-refractivity contribution >= 4 is 28.4 Å². The van der Waals surface area contributed by atoms with E-state index in [2.05, 4.69) is 52.0 Å². The van der Waals surface area contributed by atoms with Gasteiger partial charge < -0.3 is 18.8 Å². The Bertz CT molecular complexity index is 1380. The molecule has 0 saturated carbocycles. The van der Waals surface area contributed by atoms with Gasteiger partial charge in [-0.15, -0.1) is 5.10 Å². The number of nitrogens with zero attached hydrogens (tertiary/aromatic N) is 3. The average molecular weight is 438 g/mol. The third kappa shape index (κ3) is 2.85. The number of hydrogen-bond donors (Lipinski definition) is 1. The van der Waals surface area contributed by atoms with Gasteiger partial charge in [-0.2, -0.15) is 0 Å². The third-order valence-electron chi connectivity index (χ3n) is 6.46. The molecule has 3 unspecified atom stereocenters. The second-order valence-corrected chi connectivity index (χ2v) is 8.44. The van der Waals surface area contributed by atoms with Crippen molar-refractivity contribution in [1.82, 2.24) is 9.99 Å². The first-order valence-electron chi connectivity index (χ1n) is 11.2. The number of rotatable bonds is 4. The van der Waals surface area contributed by atoms with Crippen molar-refractivity contribution in [3.05, 3.63) is 96.7 Å². The molecular weight excluding hydrogens is 416 g/mol. The van der Waals surface area contributed by atoms with Gasteiger partial charge in [0.25, 0.3) is 5.90 Å². The molecular formula is C26H22N4O3. The number of nitrogens with one attached hydrogen (secondary N) is 1. The van der Waals surface area contributed by atoms with Crippen molar-refractivity contribution in [2.75, 3.05) is 11.4 Å². The molecule has 0 fully saturated rings. The predicted octanol–water partition coefficient (Wildman–Crippen LogP) is 4.58. The summed E-state index contributed by atoms with van der Waals surface area (Å²) in [7, 11) is 0. The van der Waals surface area contributed by atoms with Crippen molar-refractivity contribution in [3.63, 3.8) is 0 Å². The van der Waals surface area contributed by atoms with Gasteiger partial charge in [-0.05, 0) is 24.6 Å². The molecule has 3 aromatic rings. The third-order valence-corrected chi connectivity index (χ3v) is 6.46. The minimum Gasteiger partial charge on any atom is -0.468 e. The summed E-state index contributed by atoms with van der Waals surface area (Å²) in [6.45, 7) is 0.902. The van der Waals surface area contributed by atoms with Gasteiger partial charge in [0.2, 0.25) is 23.8 Å². The number of fused-ring (bicyclic) bond motifs is 2. The van der Waals surface area contributed by atoms with E-state index in [1.54, 1.807) is 0 Å². The quantitative estimate of drug-likeness (QED) is 0.646. The Morgan fingerprint density at radius 3 is 2.73 bits per heavy atom. The Hall–Kier alpha value is -4.13. The van der Waals surface area contributed by atoms with Crippen molar-refractivity contribution in [2.24, 2.45) is 11.0 Å². The van der Waals surface area contributed by atoms with Crippen LogP contribution in [0.3, 0.4) is 0 Å². The molecule has 0 radical (unpaired) electrons. The van der Waals surface area contributed by atoms with Gasteiger partial charge in [0.15, 0.2) is 6.10 Å². The van der Waals surface area contributed by atoms with Crippen LogP contribution >= 0.6 is 0 Å². The number of anilines is 1. The Kier molecular flexibility index (Phi) is 4.02. The van der Waals surface area contributed by atoms with E-state index in [9.17, 15) is 0 Å². The van der Waals surface area contributed by atoms with E-state index in [1.165, 1.54) is 0 Å². The second-order valence-electron chi connectivity index (χ2n) is 8.44. The maximum atomic E-state index is 6.43. The molecule has 7 nitrogen and oxygen atoms in total. The van der Waals surface area contributed by atoms with Crippen LogP contribution < -0.4 is 10.3 Å². The van der Waals surface area contributed by atoms with Gasteiger partial charge >= 0.3 is 0 Å². The Balaban J connectivity index is 1.19. The predicted molar refractivity (Wildman–Crippen MR) is 126 cm³/mol. The summed E-state index contributed by atoms with van der Waals surface area (Å²) in [5.74, 6) is 2.78. The Morgan fingerprint density at radius 2 is 1.88 bits per heavy atom. The number of aromatic nitrogens is 1. The zero-order valence-electron chi connectivity index (χ0n) is 17.8. The fraction of sp³-hybridized carbons (Fsp3) is 0.192.